The number of fused-ring (bicyclic) bond motifs is 1. The summed E-state index contributed by atoms with van der Waals surface area (Å²) >= 11 is 0. The fraction of sp³-hybridized carbons (Fsp3) is 0.292. The lowest BCUT2D eigenvalue weighted by atomic mass is 9.95. The molecule has 148 valence electrons. The van der Waals surface area contributed by atoms with Crippen molar-refractivity contribution >= 4 is 28.9 Å². The standard InChI is InChI=1S/C24H26N4O/c1-4-17-9-12-18(13-10-17)26-24-27-20-6-5-7-21(29)22(20)23(28-24)25-19-11-8-15(2)16(3)14-19/h8-14H,4-7H2,1-3H3,(H2,25,26,27,28). The lowest BCUT2D eigenvalue weighted by Crippen LogP contribution is -2.17. The van der Waals surface area contributed by atoms with Gasteiger partial charge in [0.1, 0.15) is 5.82 Å². The van der Waals surface area contributed by atoms with Crippen LogP contribution in [0.3, 0.4) is 0 Å². The Morgan fingerprint density at radius 1 is 0.897 bits per heavy atom. The molecule has 0 fully saturated rings. The molecule has 3 aromatic rings. The number of hydrogen-bond acceptors (Lipinski definition) is 5. The van der Waals surface area contributed by atoms with Crippen LogP contribution in [-0.2, 0) is 12.8 Å². The van der Waals surface area contributed by atoms with Crippen LogP contribution >= 0.6 is 0 Å². The van der Waals surface area contributed by atoms with Crippen molar-refractivity contribution in [3.63, 3.8) is 0 Å². The topological polar surface area (TPSA) is 66.9 Å². The van der Waals surface area contributed by atoms with Gasteiger partial charge in [-0.15, -0.1) is 0 Å². The monoisotopic (exact) mass is 386 g/mol. The van der Waals surface area contributed by atoms with E-state index in [-0.39, 0.29) is 5.78 Å². The predicted molar refractivity (Wildman–Crippen MR) is 118 cm³/mol. The van der Waals surface area contributed by atoms with Gasteiger partial charge in [-0.3, -0.25) is 4.79 Å². The number of rotatable bonds is 5. The van der Waals surface area contributed by atoms with Crippen molar-refractivity contribution in [3.8, 4) is 0 Å². The number of hydrogen-bond donors (Lipinski definition) is 2. The summed E-state index contributed by atoms with van der Waals surface area (Å²) in [5.74, 6) is 1.20. The second-order valence-electron chi connectivity index (χ2n) is 7.59. The van der Waals surface area contributed by atoms with Gasteiger partial charge in [-0.05, 0) is 74.1 Å². The van der Waals surface area contributed by atoms with Crippen molar-refractivity contribution in [2.45, 2.75) is 46.5 Å². The number of aryl methyl sites for hydroxylation is 4. The number of anilines is 4. The van der Waals surface area contributed by atoms with E-state index in [0.717, 1.165) is 36.3 Å². The molecule has 1 heterocycles. The summed E-state index contributed by atoms with van der Waals surface area (Å²) in [5.41, 5.74) is 7.00. The molecule has 1 aliphatic rings. The molecule has 2 N–H and O–H groups in total. The molecular formula is C24H26N4O. The Morgan fingerprint density at radius 2 is 1.66 bits per heavy atom. The lowest BCUT2D eigenvalue weighted by molar-refractivity contribution is 0.0972. The number of aromatic nitrogens is 2. The summed E-state index contributed by atoms with van der Waals surface area (Å²) in [6.07, 6.45) is 3.16. The molecule has 29 heavy (non-hydrogen) atoms. The zero-order chi connectivity index (χ0) is 20.4. The molecule has 2 aromatic carbocycles. The van der Waals surface area contributed by atoms with Gasteiger partial charge in [0, 0.05) is 17.8 Å². The minimum absolute atomic E-state index is 0.108. The van der Waals surface area contributed by atoms with E-state index in [1.165, 1.54) is 16.7 Å². The van der Waals surface area contributed by atoms with Gasteiger partial charge in [0.05, 0.1) is 11.3 Å². The van der Waals surface area contributed by atoms with Gasteiger partial charge in [-0.2, -0.15) is 4.98 Å². The summed E-state index contributed by atoms with van der Waals surface area (Å²) in [6, 6.07) is 14.4. The van der Waals surface area contributed by atoms with E-state index in [4.69, 9.17) is 0 Å². The van der Waals surface area contributed by atoms with Crippen LogP contribution in [0, 0.1) is 13.8 Å². The molecule has 0 atom stereocenters. The zero-order valence-corrected chi connectivity index (χ0v) is 17.2. The third-order valence-electron chi connectivity index (χ3n) is 5.47. The molecule has 0 aliphatic heterocycles. The molecule has 5 heteroatoms. The highest BCUT2D eigenvalue weighted by Gasteiger charge is 2.24. The van der Waals surface area contributed by atoms with Crippen LogP contribution in [0.1, 0.15) is 52.5 Å². The minimum atomic E-state index is 0.108. The Kier molecular flexibility index (Phi) is 5.30. The highest BCUT2D eigenvalue weighted by atomic mass is 16.1. The zero-order valence-electron chi connectivity index (χ0n) is 17.2. The van der Waals surface area contributed by atoms with Crippen molar-refractivity contribution in [2.24, 2.45) is 0 Å². The van der Waals surface area contributed by atoms with Gasteiger partial charge < -0.3 is 10.6 Å². The minimum Gasteiger partial charge on any atom is -0.339 e. The Labute approximate surface area is 171 Å². The van der Waals surface area contributed by atoms with Gasteiger partial charge in [0.15, 0.2) is 5.78 Å². The summed E-state index contributed by atoms with van der Waals surface area (Å²) < 4.78 is 0. The van der Waals surface area contributed by atoms with Crippen LogP contribution in [0.2, 0.25) is 0 Å². The van der Waals surface area contributed by atoms with Gasteiger partial charge in [-0.25, -0.2) is 4.98 Å². The fourth-order valence-corrected chi connectivity index (χ4v) is 3.58. The van der Waals surface area contributed by atoms with E-state index in [1.54, 1.807) is 0 Å². The molecule has 0 amide bonds. The van der Waals surface area contributed by atoms with Crippen molar-refractivity contribution < 1.29 is 4.79 Å². The second kappa shape index (κ2) is 8.03. The van der Waals surface area contributed by atoms with Crippen molar-refractivity contribution in [2.75, 3.05) is 10.6 Å². The highest BCUT2D eigenvalue weighted by Crippen LogP contribution is 2.30. The molecule has 1 aromatic heterocycles. The first-order chi connectivity index (χ1) is 14.0. The summed E-state index contributed by atoms with van der Waals surface area (Å²) in [6.45, 7) is 6.30. The number of carbonyl (C=O) groups excluding carboxylic acids is 1. The van der Waals surface area contributed by atoms with E-state index in [0.29, 0.717) is 23.8 Å². The van der Waals surface area contributed by atoms with Crippen LogP contribution in [-0.4, -0.2) is 15.8 Å². The van der Waals surface area contributed by atoms with Crippen molar-refractivity contribution in [1.29, 1.82) is 0 Å². The molecule has 0 saturated heterocycles. The first-order valence-corrected chi connectivity index (χ1v) is 10.2. The average molecular weight is 386 g/mol. The molecule has 0 bridgehead atoms. The highest BCUT2D eigenvalue weighted by molar-refractivity contribution is 6.03. The molecule has 4 rings (SSSR count). The van der Waals surface area contributed by atoms with Gasteiger partial charge in [-0.1, -0.05) is 25.1 Å². The van der Waals surface area contributed by atoms with Crippen LogP contribution in [0.5, 0.6) is 0 Å². The maximum atomic E-state index is 12.6. The fourth-order valence-electron chi connectivity index (χ4n) is 3.58. The maximum Gasteiger partial charge on any atom is 0.229 e. The third-order valence-corrected chi connectivity index (χ3v) is 5.47. The summed E-state index contributed by atoms with van der Waals surface area (Å²) in [5, 5.41) is 6.66. The summed E-state index contributed by atoms with van der Waals surface area (Å²) in [4.78, 5) is 21.9. The van der Waals surface area contributed by atoms with Gasteiger partial charge >= 0.3 is 0 Å². The van der Waals surface area contributed by atoms with E-state index in [2.05, 4.69) is 65.6 Å². The van der Waals surface area contributed by atoms with Crippen LogP contribution in [0.4, 0.5) is 23.1 Å². The van der Waals surface area contributed by atoms with E-state index in [1.807, 2.05) is 18.2 Å². The average Bonchev–Trinajstić information content (AvgIpc) is 2.71. The number of carbonyl (C=O) groups is 1. The Balaban J connectivity index is 1.70. The maximum absolute atomic E-state index is 12.6. The van der Waals surface area contributed by atoms with E-state index >= 15 is 0 Å². The SMILES string of the molecule is CCc1ccc(Nc2nc3c(c(Nc4ccc(C)c(C)c4)n2)C(=O)CCC3)cc1. The Morgan fingerprint density at radius 3 is 2.38 bits per heavy atom. The largest absolute Gasteiger partial charge is 0.339 e. The number of nitrogens with one attached hydrogen (secondary N) is 2. The van der Waals surface area contributed by atoms with Gasteiger partial charge in [0.2, 0.25) is 5.95 Å². The number of Topliss-reactive ketones (excluding diaryl/α,β-unsaturated/α-hetero) is 1. The summed E-state index contributed by atoms with van der Waals surface area (Å²) in [7, 11) is 0. The molecule has 0 unspecified atom stereocenters. The Hall–Kier alpha value is -3.21. The Bertz CT molecular complexity index is 1060. The first kappa shape index (κ1) is 19.1. The normalized spacial score (nSPS) is 13.1. The third kappa shape index (κ3) is 4.14. The van der Waals surface area contributed by atoms with E-state index < -0.39 is 0 Å². The molecule has 0 saturated carbocycles. The number of ketones is 1. The van der Waals surface area contributed by atoms with Crippen molar-refractivity contribution in [1.82, 2.24) is 9.97 Å². The molecule has 0 spiro atoms. The van der Waals surface area contributed by atoms with Crippen molar-refractivity contribution in [3.05, 3.63) is 70.4 Å². The number of nitrogens with zero attached hydrogens (tertiary/aromatic N) is 2. The predicted octanol–water partition coefficient (Wildman–Crippen LogP) is 5.66. The van der Waals surface area contributed by atoms with Gasteiger partial charge in [0.25, 0.3) is 0 Å². The molecule has 5 nitrogen and oxygen atoms in total. The van der Waals surface area contributed by atoms with Crippen LogP contribution < -0.4 is 10.6 Å². The molecule has 1 aliphatic carbocycles. The lowest BCUT2D eigenvalue weighted by Gasteiger charge is -2.19. The second-order valence-corrected chi connectivity index (χ2v) is 7.59. The smallest absolute Gasteiger partial charge is 0.229 e. The first-order valence-electron chi connectivity index (χ1n) is 10.2. The van der Waals surface area contributed by atoms with Crippen LogP contribution in [0.15, 0.2) is 42.5 Å². The molecule has 0 radical (unpaired) electrons. The quantitative estimate of drug-likeness (QED) is 0.592. The van der Waals surface area contributed by atoms with E-state index in [9.17, 15) is 4.79 Å². The molecular weight excluding hydrogens is 360 g/mol. The number of benzene rings is 2. The van der Waals surface area contributed by atoms with Crippen LogP contribution in [0.25, 0.3) is 0 Å².